The molecule has 2 heterocycles. The maximum atomic E-state index is 9.74. The molecule has 0 saturated carbocycles. The molecule has 0 aliphatic carbocycles. The highest BCUT2D eigenvalue weighted by molar-refractivity contribution is 5.89. The number of nitrogens with zero attached hydrogens (tertiary/aromatic N) is 2. The minimum absolute atomic E-state index is 0.175. The van der Waals surface area contributed by atoms with Gasteiger partial charge in [0.2, 0.25) is 0 Å². The number of nitrogens with one attached hydrogen (secondary N) is 1. The van der Waals surface area contributed by atoms with Crippen LogP contribution in [0.2, 0.25) is 0 Å². The number of phenolic OH excluding ortho intramolecular Hbond substituents is 1. The fourth-order valence-electron chi connectivity index (χ4n) is 3.33. The van der Waals surface area contributed by atoms with Crippen molar-refractivity contribution >= 4 is 5.71 Å². The lowest BCUT2D eigenvalue weighted by molar-refractivity contribution is 0.228. The molecule has 1 fully saturated rings. The Morgan fingerprint density at radius 2 is 2.33 bits per heavy atom. The minimum atomic E-state index is 0.175. The van der Waals surface area contributed by atoms with E-state index in [0.29, 0.717) is 11.7 Å². The molecule has 0 amide bonds. The normalized spacial score (nSPS) is 25.1. The molecule has 2 aliphatic rings. The third-order valence-electron chi connectivity index (χ3n) is 4.42. The van der Waals surface area contributed by atoms with Crippen molar-refractivity contribution in [2.75, 3.05) is 26.7 Å². The summed E-state index contributed by atoms with van der Waals surface area (Å²) in [6.45, 7) is 5.53. The number of hydrogen-bond donors (Lipinski definition) is 2. The zero-order valence-electron chi connectivity index (χ0n) is 12.7. The molecule has 0 spiro atoms. The Balaban J connectivity index is 1.80. The van der Waals surface area contributed by atoms with Crippen molar-refractivity contribution in [2.45, 2.75) is 25.8 Å². The largest absolute Gasteiger partial charge is 0.504 e. The third-order valence-corrected chi connectivity index (χ3v) is 4.42. The average molecular weight is 289 g/mol. The quantitative estimate of drug-likeness (QED) is 0.891. The molecule has 1 aromatic rings. The van der Waals surface area contributed by atoms with Gasteiger partial charge in [0.1, 0.15) is 0 Å². The molecule has 5 heteroatoms. The van der Waals surface area contributed by atoms with Crippen LogP contribution in [-0.2, 0) is 0 Å². The van der Waals surface area contributed by atoms with Crippen LogP contribution in [0.3, 0.4) is 0 Å². The Hall–Kier alpha value is -1.75. The predicted molar refractivity (Wildman–Crippen MR) is 82.8 cm³/mol. The molecule has 114 valence electrons. The first kappa shape index (κ1) is 14.2. The van der Waals surface area contributed by atoms with Crippen LogP contribution in [0.25, 0.3) is 0 Å². The highest BCUT2D eigenvalue weighted by Gasteiger charge is 2.36. The Kier molecular flexibility index (Phi) is 4.01. The average Bonchev–Trinajstić information content (AvgIpc) is 2.91. The van der Waals surface area contributed by atoms with Gasteiger partial charge >= 0.3 is 0 Å². The minimum Gasteiger partial charge on any atom is -0.504 e. The van der Waals surface area contributed by atoms with Crippen molar-refractivity contribution < 1.29 is 9.84 Å². The van der Waals surface area contributed by atoms with Gasteiger partial charge in [-0.3, -0.25) is 0 Å². The first-order chi connectivity index (χ1) is 10.2. The Bertz CT molecular complexity index is 544. The van der Waals surface area contributed by atoms with E-state index >= 15 is 0 Å². The number of ether oxygens (including phenoxy) is 1. The lowest BCUT2D eigenvalue weighted by atomic mass is 9.86. The van der Waals surface area contributed by atoms with Gasteiger partial charge in [0, 0.05) is 31.1 Å². The highest BCUT2D eigenvalue weighted by atomic mass is 16.5. The van der Waals surface area contributed by atoms with Crippen LogP contribution >= 0.6 is 0 Å². The number of rotatable bonds is 4. The van der Waals surface area contributed by atoms with Crippen LogP contribution in [0.4, 0.5) is 0 Å². The summed E-state index contributed by atoms with van der Waals surface area (Å²) in [5, 5.41) is 14.3. The van der Waals surface area contributed by atoms with Crippen LogP contribution in [0.5, 0.6) is 11.5 Å². The lowest BCUT2D eigenvalue weighted by Gasteiger charge is -2.33. The Labute approximate surface area is 125 Å². The molecule has 1 saturated heterocycles. The molecule has 21 heavy (non-hydrogen) atoms. The number of aromatic hydroxyl groups is 1. The van der Waals surface area contributed by atoms with Crippen molar-refractivity contribution in [2.24, 2.45) is 11.0 Å². The van der Waals surface area contributed by atoms with Gasteiger partial charge in [-0.05, 0) is 30.7 Å². The monoisotopic (exact) mass is 289 g/mol. The second-order valence-corrected chi connectivity index (χ2v) is 5.80. The number of hydrazone groups is 1. The van der Waals surface area contributed by atoms with E-state index in [9.17, 15) is 5.11 Å². The van der Waals surface area contributed by atoms with Crippen molar-refractivity contribution in [1.82, 2.24) is 10.3 Å². The van der Waals surface area contributed by atoms with E-state index < -0.39 is 0 Å². The topological polar surface area (TPSA) is 57.1 Å². The molecule has 5 nitrogen and oxygen atoms in total. The summed E-state index contributed by atoms with van der Waals surface area (Å²) < 4.78 is 5.22. The molecule has 2 atom stereocenters. The molecule has 2 unspecified atom stereocenters. The van der Waals surface area contributed by atoms with E-state index in [2.05, 4.69) is 22.4 Å². The van der Waals surface area contributed by atoms with Crippen molar-refractivity contribution in [1.29, 1.82) is 0 Å². The molecular weight excluding hydrogens is 266 g/mol. The summed E-state index contributed by atoms with van der Waals surface area (Å²) in [5.41, 5.74) is 5.67. The van der Waals surface area contributed by atoms with Crippen molar-refractivity contribution in [3.8, 4) is 11.5 Å². The molecule has 0 bridgehead atoms. The van der Waals surface area contributed by atoms with Gasteiger partial charge in [-0.15, -0.1) is 0 Å². The summed E-state index contributed by atoms with van der Waals surface area (Å²) in [5.74, 6) is 1.11. The number of piperidine rings is 1. The zero-order valence-corrected chi connectivity index (χ0v) is 12.7. The molecule has 2 N–H and O–H groups in total. The zero-order chi connectivity index (χ0) is 14.8. The van der Waals surface area contributed by atoms with Crippen molar-refractivity contribution in [3.05, 3.63) is 23.8 Å². The van der Waals surface area contributed by atoms with E-state index in [1.54, 1.807) is 13.2 Å². The number of fused-ring (bicyclic) bond motifs is 1. The molecule has 0 radical (unpaired) electrons. The smallest absolute Gasteiger partial charge is 0.160 e. The first-order valence-corrected chi connectivity index (χ1v) is 7.64. The molecule has 3 rings (SSSR count). The van der Waals surface area contributed by atoms with Crippen LogP contribution in [0.1, 0.15) is 31.4 Å². The van der Waals surface area contributed by atoms with E-state index in [1.165, 1.54) is 12.1 Å². The van der Waals surface area contributed by atoms with Gasteiger partial charge in [-0.25, -0.2) is 0 Å². The number of benzene rings is 1. The number of phenols is 1. The SMILES string of the molecule is CCCN1CCC2=NNC(c3ccc(O)c(OC)c3)C2C1. The number of hydrogen-bond acceptors (Lipinski definition) is 5. The van der Waals surface area contributed by atoms with Crippen LogP contribution in [0.15, 0.2) is 23.3 Å². The van der Waals surface area contributed by atoms with E-state index in [-0.39, 0.29) is 11.8 Å². The van der Waals surface area contributed by atoms with E-state index in [0.717, 1.165) is 31.6 Å². The van der Waals surface area contributed by atoms with E-state index in [1.807, 2.05) is 12.1 Å². The first-order valence-electron chi connectivity index (χ1n) is 7.64. The van der Waals surface area contributed by atoms with Gasteiger partial charge in [0.05, 0.1) is 13.2 Å². The fourth-order valence-corrected chi connectivity index (χ4v) is 3.33. The fraction of sp³-hybridized carbons (Fsp3) is 0.562. The maximum absolute atomic E-state index is 9.74. The summed E-state index contributed by atoms with van der Waals surface area (Å²) >= 11 is 0. The summed E-state index contributed by atoms with van der Waals surface area (Å²) in [4.78, 5) is 2.52. The highest BCUT2D eigenvalue weighted by Crippen LogP contribution is 2.36. The number of methoxy groups -OCH3 is 1. The number of likely N-dealkylation sites (tertiary alicyclic amines) is 1. The summed E-state index contributed by atoms with van der Waals surface area (Å²) in [6, 6.07) is 5.73. The van der Waals surface area contributed by atoms with Crippen molar-refractivity contribution in [3.63, 3.8) is 0 Å². The predicted octanol–water partition coefficient (Wildman–Crippen LogP) is 2.13. The van der Waals surface area contributed by atoms with Gasteiger partial charge in [0.15, 0.2) is 11.5 Å². The van der Waals surface area contributed by atoms with Crippen LogP contribution in [0, 0.1) is 5.92 Å². The lowest BCUT2D eigenvalue weighted by Crippen LogP contribution is -2.42. The molecule has 2 aliphatic heterocycles. The van der Waals surface area contributed by atoms with E-state index in [4.69, 9.17) is 4.74 Å². The van der Waals surface area contributed by atoms with Gasteiger partial charge < -0.3 is 20.2 Å². The van der Waals surface area contributed by atoms with Gasteiger partial charge in [-0.2, -0.15) is 5.10 Å². The Morgan fingerprint density at radius 3 is 3.10 bits per heavy atom. The van der Waals surface area contributed by atoms with Crippen LogP contribution in [-0.4, -0.2) is 42.5 Å². The van der Waals surface area contributed by atoms with Crippen LogP contribution < -0.4 is 10.2 Å². The molecule has 1 aromatic carbocycles. The summed E-state index contributed by atoms with van der Waals surface area (Å²) in [6.07, 6.45) is 2.23. The molecular formula is C16H23N3O2. The van der Waals surface area contributed by atoms with Gasteiger partial charge in [-0.1, -0.05) is 13.0 Å². The Morgan fingerprint density at radius 1 is 1.48 bits per heavy atom. The summed E-state index contributed by atoms with van der Waals surface area (Å²) in [7, 11) is 1.58. The maximum Gasteiger partial charge on any atom is 0.160 e. The molecule has 0 aromatic heterocycles. The van der Waals surface area contributed by atoms with Gasteiger partial charge in [0.25, 0.3) is 0 Å². The second kappa shape index (κ2) is 5.93. The second-order valence-electron chi connectivity index (χ2n) is 5.80. The third kappa shape index (κ3) is 2.70. The standard InChI is InChI=1S/C16H23N3O2/c1-3-7-19-8-6-13-12(10-19)16(18-17-13)11-4-5-14(20)15(9-11)21-2/h4-5,9,12,16,18,20H,3,6-8,10H2,1-2H3.